The number of aromatic nitrogens is 1. The van der Waals surface area contributed by atoms with E-state index in [1.54, 1.807) is 29.7 Å². The lowest BCUT2D eigenvalue weighted by molar-refractivity contribution is 0.602. The SMILES string of the molecule is CS(=O)(=O)c1ccc(/C(=C/c2cccc(Br)c2)c2nccs2)cc1. The van der Waals surface area contributed by atoms with Crippen molar-refractivity contribution in [2.24, 2.45) is 0 Å². The summed E-state index contributed by atoms with van der Waals surface area (Å²) < 4.78 is 24.3. The molecular formula is C18H14BrNO2S2. The van der Waals surface area contributed by atoms with E-state index in [1.807, 2.05) is 41.8 Å². The van der Waals surface area contributed by atoms with E-state index in [1.165, 1.54) is 6.26 Å². The normalized spacial score (nSPS) is 12.3. The number of halogens is 1. The summed E-state index contributed by atoms with van der Waals surface area (Å²) in [5.41, 5.74) is 2.93. The summed E-state index contributed by atoms with van der Waals surface area (Å²) in [5.74, 6) is 0. The maximum Gasteiger partial charge on any atom is 0.175 e. The zero-order valence-electron chi connectivity index (χ0n) is 12.8. The maximum atomic E-state index is 11.6. The molecule has 0 fully saturated rings. The van der Waals surface area contributed by atoms with Crippen LogP contribution in [0.3, 0.4) is 0 Å². The molecule has 3 rings (SSSR count). The first-order valence-corrected chi connectivity index (χ1v) is 10.7. The van der Waals surface area contributed by atoms with Gasteiger partial charge in [-0.1, -0.05) is 40.2 Å². The molecule has 0 radical (unpaired) electrons. The molecule has 1 heterocycles. The molecule has 122 valence electrons. The van der Waals surface area contributed by atoms with E-state index in [9.17, 15) is 8.42 Å². The standard InChI is InChI=1S/C18H14BrNO2S2/c1-24(21,22)16-7-5-14(6-8-16)17(18-20-9-10-23-18)12-13-3-2-4-15(19)11-13/h2-12H,1H3/b17-12-. The largest absolute Gasteiger partial charge is 0.245 e. The Morgan fingerprint density at radius 2 is 1.92 bits per heavy atom. The molecule has 1 aromatic heterocycles. The molecule has 3 aromatic rings. The summed E-state index contributed by atoms with van der Waals surface area (Å²) in [5, 5.41) is 2.82. The molecule has 0 atom stereocenters. The van der Waals surface area contributed by atoms with E-state index >= 15 is 0 Å². The van der Waals surface area contributed by atoms with Gasteiger partial charge >= 0.3 is 0 Å². The van der Waals surface area contributed by atoms with Crippen LogP contribution in [0.5, 0.6) is 0 Å². The number of sulfone groups is 1. The molecule has 0 amide bonds. The van der Waals surface area contributed by atoms with Crippen molar-refractivity contribution in [3.63, 3.8) is 0 Å². The van der Waals surface area contributed by atoms with Gasteiger partial charge in [0.2, 0.25) is 0 Å². The van der Waals surface area contributed by atoms with Gasteiger partial charge in [0.25, 0.3) is 0 Å². The van der Waals surface area contributed by atoms with E-state index in [2.05, 4.69) is 27.0 Å². The second kappa shape index (κ2) is 7.01. The molecular weight excluding hydrogens is 406 g/mol. The van der Waals surface area contributed by atoms with Crippen LogP contribution < -0.4 is 0 Å². The maximum absolute atomic E-state index is 11.6. The van der Waals surface area contributed by atoms with Crippen LogP contribution in [0.2, 0.25) is 0 Å². The summed E-state index contributed by atoms with van der Waals surface area (Å²) in [6.45, 7) is 0. The Balaban J connectivity index is 2.09. The van der Waals surface area contributed by atoms with Crippen molar-refractivity contribution in [2.75, 3.05) is 6.26 Å². The number of nitrogens with zero attached hydrogens (tertiary/aromatic N) is 1. The Morgan fingerprint density at radius 3 is 2.50 bits per heavy atom. The van der Waals surface area contributed by atoms with Gasteiger partial charge in [-0.2, -0.15) is 0 Å². The highest BCUT2D eigenvalue weighted by Crippen LogP contribution is 2.29. The fourth-order valence-electron chi connectivity index (χ4n) is 2.27. The summed E-state index contributed by atoms with van der Waals surface area (Å²) in [4.78, 5) is 4.72. The minimum Gasteiger partial charge on any atom is -0.245 e. The molecule has 0 spiro atoms. The number of rotatable bonds is 4. The summed E-state index contributed by atoms with van der Waals surface area (Å²) in [6, 6.07) is 14.9. The first-order valence-electron chi connectivity index (χ1n) is 7.11. The highest BCUT2D eigenvalue weighted by Gasteiger charge is 2.11. The Bertz CT molecular complexity index is 976. The average Bonchev–Trinajstić information content (AvgIpc) is 3.06. The van der Waals surface area contributed by atoms with Crippen LogP contribution in [-0.4, -0.2) is 19.7 Å². The molecule has 0 saturated heterocycles. The minimum atomic E-state index is -3.20. The van der Waals surface area contributed by atoms with E-state index in [-0.39, 0.29) is 0 Å². The second-order valence-corrected chi connectivity index (χ2v) is 9.07. The molecule has 0 unspecified atom stereocenters. The van der Waals surface area contributed by atoms with Gasteiger partial charge in [0.15, 0.2) is 9.84 Å². The lowest BCUT2D eigenvalue weighted by Crippen LogP contribution is -1.97. The fraction of sp³-hybridized carbons (Fsp3) is 0.0556. The van der Waals surface area contributed by atoms with Crippen LogP contribution >= 0.6 is 27.3 Å². The van der Waals surface area contributed by atoms with Gasteiger partial charge in [-0.05, 0) is 41.5 Å². The molecule has 0 saturated carbocycles. The number of benzene rings is 2. The average molecular weight is 420 g/mol. The van der Waals surface area contributed by atoms with E-state index in [4.69, 9.17) is 0 Å². The molecule has 3 nitrogen and oxygen atoms in total. The third-order valence-corrected chi connectivity index (χ3v) is 5.84. The number of thiazole rings is 1. The molecule has 2 aromatic carbocycles. The van der Waals surface area contributed by atoms with Crippen molar-refractivity contribution in [1.82, 2.24) is 4.98 Å². The number of hydrogen-bond donors (Lipinski definition) is 0. The van der Waals surface area contributed by atoms with Gasteiger partial charge in [0, 0.05) is 27.9 Å². The van der Waals surface area contributed by atoms with Gasteiger partial charge in [-0.3, -0.25) is 0 Å². The van der Waals surface area contributed by atoms with Gasteiger partial charge in [-0.15, -0.1) is 11.3 Å². The molecule has 0 bridgehead atoms. The van der Waals surface area contributed by atoms with E-state index in [0.29, 0.717) is 4.90 Å². The van der Waals surface area contributed by atoms with Crippen molar-refractivity contribution in [3.05, 3.63) is 80.7 Å². The molecule has 6 heteroatoms. The molecule has 0 aliphatic carbocycles. The van der Waals surface area contributed by atoms with E-state index in [0.717, 1.165) is 26.2 Å². The smallest absolute Gasteiger partial charge is 0.175 e. The van der Waals surface area contributed by atoms with Crippen molar-refractivity contribution in [2.45, 2.75) is 4.90 Å². The molecule has 24 heavy (non-hydrogen) atoms. The molecule has 0 N–H and O–H groups in total. The van der Waals surface area contributed by atoms with Crippen molar-refractivity contribution >= 4 is 48.8 Å². The fourth-order valence-corrected chi connectivity index (χ4v) is 3.99. The Morgan fingerprint density at radius 1 is 1.17 bits per heavy atom. The van der Waals surface area contributed by atoms with Gasteiger partial charge in [-0.25, -0.2) is 13.4 Å². The van der Waals surface area contributed by atoms with Crippen LogP contribution in [0.15, 0.2) is 69.5 Å². The predicted octanol–water partition coefficient (Wildman–Crippen LogP) is 4.90. The minimum absolute atomic E-state index is 0.312. The van der Waals surface area contributed by atoms with Crippen LogP contribution in [0.1, 0.15) is 16.1 Å². The topological polar surface area (TPSA) is 47.0 Å². The van der Waals surface area contributed by atoms with Crippen LogP contribution in [0.4, 0.5) is 0 Å². The first-order chi connectivity index (χ1) is 11.4. The Labute approximate surface area is 153 Å². The number of hydrogen-bond acceptors (Lipinski definition) is 4. The molecule has 0 aliphatic heterocycles. The lowest BCUT2D eigenvalue weighted by atomic mass is 10.0. The van der Waals surface area contributed by atoms with Gasteiger partial charge < -0.3 is 0 Å². The predicted molar refractivity (Wildman–Crippen MR) is 103 cm³/mol. The van der Waals surface area contributed by atoms with Crippen LogP contribution in [-0.2, 0) is 9.84 Å². The third-order valence-electron chi connectivity index (χ3n) is 3.42. The summed E-state index contributed by atoms with van der Waals surface area (Å²) in [7, 11) is -3.20. The summed E-state index contributed by atoms with van der Waals surface area (Å²) >= 11 is 5.03. The zero-order chi connectivity index (χ0) is 17.2. The molecule has 0 aliphatic rings. The highest BCUT2D eigenvalue weighted by atomic mass is 79.9. The Hall–Kier alpha value is -1.76. The monoisotopic (exact) mass is 419 g/mol. The van der Waals surface area contributed by atoms with Gasteiger partial charge in [0.05, 0.1) is 4.90 Å². The van der Waals surface area contributed by atoms with Crippen molar-refractivity contribution < 1.29 is 8.42 Å². The van der Waals surface area contributed by atoms with Crippen molar-refractivity contribution in [1.29, 1.82) is 0 Å². The third kappa shape index (κ3) is 4.01. The second-order valence-electron chi connectivity index (χ2n) is 5.25. The zero-order valence-corrected chi connectivity index (χ0v) is 16.0. The van der Waals surface area contributed by atoms with E-state index < -0.39 is 9.84 Å². The first kappa shape index (κ1) is 17.1. The lowest BCUT2D eigenvalue weighted by Gasteiger charge is -2.07. The summed E-state index contributed by atoms with van der Waals surface area (Å²) in [6.07, 6.45) is 5.03. The quantitative estimate of drug-likeness (QED) is 0.565. The van der Waals surface area contributed by atoms with Crippen LogP contribution in [0.25, 0.3) is 11.6 Å². The van der Waals surface area contributed by atoms with Crippen LogP contribution in [0, 0.1) is 0 Å². The van der Waals surface area contributed by atoms with Gasteiger partial charge in [0.1, 0.15) is 5.01 Å². The highest BCUT2D eigenvalue weighted by molar-refractivity contribution is 9.10. The van der Waals surface area contributed by atoms with Crippen molar-refractivity contribution in [3.8, 4) is 0 Å². The Kier molecular flexibility index (Phi) is 4.99.